The zero-order chi connectivity index (χ0) is 15.9. The molecule has 0 aliphatic carbocycles. The molecule has 1 aliphatic rings. The third kappa shape index (κ3) is 2.72. The molecule has 1 aromatic rings. The van der Waals surface area contributed by atoms with Crippen LogP contribution in [0.3, 0.4) is 0 Å². The molecule has 2 unspecified atom stereocenters. The van der Waals surface area contributed by atoms with Gasteiger partial charge in [0.1, 0.15) is 10.6 Å². The fourth-order valence-electron chi connectivity index (χ4n) is 2.91. The molecule has 7 heteroatoms. The Morgan fingerprint density at radius 2 is 1.90 bits per heavy atom. The fraction of sp³-hybridized carbons (Fsp3) is 0.643. The quantitative estimate of drug-likeness (QED) is 0.892. The van der Waals surface area contributed by atoms with Crippen LogP contribution < -0.4 is 0 Å². The first-order valence-corrected chi connectivity index (χ1v) is 8.52. The lowest BCUT2D eigenvalue weighted by Crippen LogP contribution is -2.42. The number of piperidine rings is 1. The van der Waals surface area contributed by atoms with E-state index in [-0.39, 0.29) is 16.2 Å². The third-order valence-electron chi connectivity index (χ3n) is 4.48. The van der Waals surface area contributed by atoms with Crippen molar-refractivity contribution in [1.82, 2.24) is 9.29 Å². The van der Waals surface area contributed by atoms with Gasteiger partial charge in [0.15, 0.2) is 0 Å². The number of nitrogens with zero attached hydrogens (tertiary/aromatic N) is 1. The summed E-state index contributed by atoms with van der Waals surface area (Å²) in [4.78, 5) is 13.9. The van der Waals surface area contributed by atoms with E-state index in [4.69, 9.17) is 5.11 Å². The van der Waals surface area contributed by atoms with E-state index in [1.165, 1.54) is 11.2 Å². The smallest absolute Gasteiger partial charge is 0.352 e. The Morgan fingerprint density at radius 3 is 2.38 bits per heavy atom. The zero-order valence-electron chi connectivity index (χ0n) is 12.8. The minimum Gasteiger partial charge on any atom is -0.477 e. The molecule has 1 fully saturated rings. The second-order valence-corrected chi connectivity index (χ2v) is 7.87. The lowest BCUT2D eigenvalue weighted by Gasteiger charge is -2.34. The summed E-state index contributed by atoms with van der Waals surface area (Å²) in [5.41, 5.74) is 0.618. The van der Waals surface area contributed by atoms with Crippen molar-refractivity contribution in [2.45, 2.75) is 39.0 Å². The monoisotopic (exact) mass is 314 g/mol. The number of sulfonamides is 1. The van der Waals surface area contributed by atoms with Crippen molar-refractivity contribution in [3.63, 3.8) is 0 Å². The van der Waals surface area contributed by atoms with Crippen molar-refractivity contribution in [1.29, 1.82) is 0 Å². The van der Waals surface area contributed by atoms with E-state index in [0.29, 0.717) is 30.6 Å². The highest BCUT2D eigenvalue weighted by Crippen LogP contribution is 2.31. The largest absolute Gasteiger partial charge is 0.477 e. The van der Waals surface area contributed by atoms with Gasteiger partial charge in [-0.25, -0.2) is 13.2 Å². The van der Waals surface area contributed by atoms with Gasteiger partial charge in [-0.2, -0.15) is 4.31 Å². The molecule has 118 valence electrons. The summed E-state index contributed by atoms with van der Waals surface area (Å²) < 4.78 is 27.1. The van der Waals surface area contributed by atoms with E-state index in [9.17, 15) is 13.2 Å². The van der Waals surface area contributed by atoms with Crippen LogP contribution in [0.4, 0.5) is 0 Å². The Labute approximate surface area is 125 Å². The average molecular weight is 314 g/mol. The maximum atomic E-state index is 12.8. The second kappa shape index (κ2) is 5.46. The van der Waals surface area contributed by atoms with Crippen LogP contribution in [0.2, 0.25) is 0 Å². The summed E-state index contributed by atoms with van der Waals surface area (Å²) in [7, 11) is -3.65. The molecule has 1 aliphatic heterocycles. The SMILES string of the molecule is Cc1[nH]c(C(=O)O)c(C)c1S(=O)(=O)N1CCC(C)C(C)C1. The van der Waals surface area contributed by atoms with Gasteiger partial charge < -0.3 is 10.1 Å². The predicted octanol–water partition coefficient (Wildman–Crippen LogP) is 2.00. The molecule has 0 amide bonds. The van der Waals surface area contributed by atoms with E-state index in [2.05, 4.69) is 11.9 Å². The molecule has 21 heavy (non-hydrogen) atoms. The third-order valence-corrected chi connectivity index (χ3v) is 6.62. The van der Waals surface area contributed by atoms with Crippen molar-refractivity contribution in [2.24, 2.45) is 11.8 Å². The molecule has 0 radical (unpaired) electrons. The van der Waals surface area contributed by atoms with Crippen LogP contribution >= 0.6 is 0 Å². The molecule has 2 N–H and O–H groups in total. The maximum Gasteiger partial charge on any atom is 0.352 e. The molecular formula is C14H22N2O4S. The number of carboxylic acid groups (broad SMARTS) is 1. The second-order valence-electron chi connectivity index (χ2n) is 5.99. The Bertz CT molecular complexity index is 663. The van der Waals surface area contributed by atoms with Crippen LogP contribution in [-0.4, -0.2) is 41.9 Å². The molecule has 2 atom stereocenters. The molecule has 2 heterocycles. The van der Waals surface area contributed by atoms with Crippen LogP contribution in [0.15, 0.2) is 4.90 Å². The number of hydrogen-bond donors (Lipinski definition) is 2. The molecule has 2 rings (SSSR count). The summed E-state index contributed by atoms with van der Waals surface area (Å²) >= 11 is 0. The van der Waals surface area contributed by atoms with Crippen molar-refractivity contribution in [2.75, 3.05) is 13.1 Å². The van der Waals surface area contributed by atoms with Gasteiger partial charge in [0.05, 0.1) is 0 Å². The number of aromatic nitrogens is 1. The number of carbonyl (C=O) groups is 1. The van der Waals surface area contributed by atoms with Crippen LogP contribution in [0.5, 0.6) is 0 Å². The van der Waals surface area contributed by atoms with Gasteiger partial charge in [0.2, 0.25) is 10.0 Å². The summed E-state index contributed by atoms with van der Waals surface area (Å²) in [5.74, 6) is -0.343. The van der Waals surface area contributed by atoms with Crippen LogP contribution in [0, 0.1) is 25.7 Å². The van der Waals surface area contributed by atoms with E-state index >= 15 is 0 Å². The number of nitrogens with one attached hydrogen (secondary N) is 1. The molecular weight excluding hydrogens is 292 g/mol. The molecule has 0 aromatic carbocycles. The van der Waals surface area contributed by atoms with Gasteiger partial charge in [-0.1, -0.05) is 13.8 Å². The van der Waals surface area contributed by atoms with E-state index in [0.717, 1.165) is 6.42 Å². The van der Waals surface area contributed by atoms with E-state index in [1.54, 1.807) is 6.92 Å². The number of aromatic amines is 1. The molecule has 1 saturated heterocycles. The van der Waals surface area contributed by atoms with Gasteiger partial charge in [0.25, 0.3) is 0 Å². The highest BCUT2D eigenvalue weighted by atomic mass is 32.2. The normalized spacial score (nSPS) is 24.2. The van der Waals surface area contributed by atoms with Crippen molar-refractivity contribution < 1.29 is 18.3 Å². The lowest BCUT2D eigenvalue weighted by molar-refractivity contribution is 0.0690. The van der Waals surface area contributed by atoms with Gasteiger partial charge >= 0.3 is 5.97 Å². The van der Waals surface area contributed by atoms with Gasteiger partial charge in [-0.3, -0.25) is 0 Å². The van der Waals surface area contributed by atoms with E-state index < -0.39 is 16.0 Å². The van der Waals surface area contributed by atoms with E-state index in [1.807, 2.05) is 6.92 Å². The summed E-state index contributed by atoms with van der Waals surface area (Å²) in [6, 6.07) is 0. The maximum absolute atomic E-state index is 12.8. The number of H-pyrrole nitrogens is 1. The fourth-order valence-corrected chi connectivity index (χ4v) is 4.87. The minimum absolute atomic E-state index is 0.0514. The molecule has 0 saturated carbocycles. The molecule has 6 nitrogen and oxygen atoms in total. The molecule has 0 bridgehead atoms. The Kier molecular flexibility index (Phi) is 4.17. The summed E-state index contributed by atoms with van der Waals surface area (Å²) in [6.07, 6.45) is 0.828. The number of carboxylic acids is 1. The molecule has 1 aromatic heterocycles. The van der Waals surface area contributed by atoms with Crippen LogP contribution in [-0.2, 0) is 10.0 Å². The Hall–Kier alpha value is -1.34. The van der Waals surface area contributed by atoms with Crippen LogP contribution in [0.1, 0.15) is 42.0 Å². The summed E-state index contributed by atoms with van der Waals surface area (Å²) in [6.45, 7) is 8.28. The van der Waals surface area contributed by atoms with Gasteiger partial charge in [-0.05, 0) is 32.1 Å². The summed E-state index contributed by atoms with van der Waals surface area (Å²) in [5, 5.41) is 9.12. The highest BCUT2D eigenvalue weighted by molar-refractivity contribution is 7.89. The number of aryl methyl sites for hydroxylation is 1. The van der Waals surface area contributed by atoms with Crippen molar-refractivity contribution in [3.05, 3.63) is 17.0 Å². The first-order valence-electron chi connectivity index (χ1n) is 7.08. The lowest BCUT2D eigenvalue weighted by atomic mass is 9.90. The Morgan fingerprint density at radius 1 is 1.29 bits per heavy atom. The average Bonchev–Trinajstić information content (AvgIpc) is 2.68. The highest BCUT2D eigenvalue weighted by Gasteiger charge is 2.35. The predicted molar refractivity (Wildman–Crippen MR) is 78.9 cm³/mol. The Balaban J connectivity index is 2.43. The van der Waals surface area contributed by atoms with Crippen molar-refractivity contribution >= 4 is 16.0 Å². The van der Waals surface area contributed by atoms with Gasteiger partial charge in [-0.15, -0.1) is 0 Å². The van der Waals surface area contributed by atoms with Crippen molar-refractivity contribution in [3.8, 4) is 0 Å². The number of hydrogen-bond acceptors (Lipinski definition) is 3. The number of aromatic carboxylic acids is 1. The first-order chi connectivity index (χ1) is 9.66. The first kappa shape index (κ1) is 16.0. The zero-order valence-corrected chi connectivity index (χ0v) is 13.6. The van der Waals surface area contributed by atoms with Crippen LogP contribution in [0.25, 0.3) is 0 Å². The minimum atomic E-state index is -3.65. The topological polar surface area (TPSA) is 90.5 Å². The standard InChI is InChI=1S/C14H22N2O4S/c1-8-5-6-16(7-9(8)2)21(19,20)13-10(3)12(14(17)18)15-11(13)4/h8-9,15H,5-7H2,1-4H3,(H,17,18). The molecule has 0 spiro atoms. The van der Waals surface area contributed by atoms with Gasteiger partial charge in [0, 0.05) is 24.3 Å². The number of rotatable bonds is 3.